The van der Waals surface area contributed by atoms with Crippen LogP contribution in [0.2, 0.25) is 0 Å². The third-order valence-electron chi connectivity index (χ3n) is 1.98. The minimum Gasteiger partial charge on any atom is -0.329 e. The van der Waals surface area contributed by atoms with Gasteiger partial charge in [0.25, 0.3) is 0 Å². The second-order valence-electron chi connectivity index (χ2n) is 3.59. The van der Waals surface area contributed by atoms with Gasteiger partial charge in [-0.05, 0) is 6.42 Å². The number of rotatable bonds is 11. The molecule has 0 rings (SSSR count). The molecule has 0 aromatic rings. The molecule has 0 aromatic heterocycles. The first-order valence-electron chi connectivity index (χ1n) is 5.76. The van der Waals surface area contributed by atoms with Gasteiger partial charge in [0.05, 0.1) is 6.16 Å². The van der Waals surface area contributed by atoms with Crippen molar-refractivity contribution in [1.29, 1.82) is 0 Å². The first-order chi connectivity index (χ1) is 7.62. The minimum absolute atomic E-state index is 0. The van der Waals surface area contributed by atoms with E-state index < -0.39 is 7.60 Å². The van der Waals surface area contributed by atoms with Crippen molar-refractivity contribution in [2.75, 3.05) is 32.3 Å². The standard InChI is InChI=1S/C9H24N3O3P.Y/c1-2-3-4-9-16(13,14)15-12-8-7-11-6-5-10;/h11-12H,2-10H2,1H3,(H,13,14);. The molecule has 0 aromatic carbocycles. The summed E-state index contributed by atoms with van der Waals surface area (Å²) < 4.78 is 16.2. The van der Waals surface area contributed by atoms with Gasteiger partial charge in [-0.3, -0.25) is 4.57 Å². The Morgan fingerprint density at radius 1 is 1.29 bits per heavy atom. The van der Waals surface area contributed by atoms with Gasteiger partial charge in [0.15, 0.2) is 0 Å². The van der Waals surface area contributed by atoms with Crippen LogP contribution < -0.4 is 16.5 Å². The Kier molecular flexibility index (Phi) is 16.3. The monoisotopic (exact) mass is 342 g/mol. The van der Waals surface area contributed by atoms with Gasteiger partial charge in [-0.2, -0.15) is 5.48 Å². The smallest absolute Gasteiger partial charge is 0.329 e. The molecule has 17 heavy (non-hydrogen) atoms. The fourth-order valence-corrected chi connectivity index (χ4v) is 2.13. The largest absolute Gasteiger partial charge is 0.344 e. The van der Waals surface area contributed by atoms with Crippen molar-refractivity contribution in [2.24, 2.45) is 5.73 Å². The van der Waals surface area contributed by atoms with Crippen molar-refractivity contribution in [3.05, 3.63) is 0 Å². The van der Waals surface area contributed by atoms with Crippen LogP contribution in [0.15, 0.2) is 0 Å². The first-order valence-corrected chi connectivity index (χ1v) is 7.52. The van der Waals surface area contributed by atoms with Crippen molar-refractivity contribution < 1.29 is 46.8 Å². The summed E-state index contributed by atoms with van der Waals surface area (Å²) in [6, 6.07) is 0. The van der Waals surface area contributed by atoms with Crippen LogP contribution in [0.25, 0.3) is 0 Å². The van der Waals surface area contributed by atoms with Gasteiger partial charge in [0.2, 0.25) is 0 Å². The molecule has 0 bridgehead atoms. The molecule has 0 aliphatic heterocycles. The average Bonchev–Trinajstić information content (AvgIpc) is 2.23. The van der Waals surface area contributed by atoms with Gasteiger partial charge in [0, 0.05) is 58.9 Å². The predicted molar refractivity (Wildman–Crippen MR) is 65.2 cm³/mol. The fraction of sp³-hybridized carbons (Fsp3) is 1.00. The average molecular weight is 342 g/mol. The van der Waals surface area contributed by atoms with Gasteiger partial charge < -0.3 is 15.9 Å². The normalized spacial score (nSPS) is 14.1. The molecule has 6 nitrogen and oxygen atoms in total. The molecular formula is C9H24N3O3PY. The summed E-state index contributed by atoms with van der Waals surface area (Å²) in [7, 11) is -3.44. The number of hydrogen-bond donors (Lipinski definition) is 4. The number of hydroxylamine groups is 1. The van der Waals surface area contributed by atoms with Crippen molar-refractivity contribution >= 4 is 7.60 Å². The van der Waals surface area contributed by atoms with Crippen LogP contribution in [0.1, 0.15) is 26.2 Å². The van der Waals surface area contributed by atoms with E-state index in [1.54, 1.807) is 0 Å². The van der Waals surface area contributed by atoms with Crippen LogP contribution in [-0.4, -0.2) is 37.2 Å². The van der Waals surface area contributed by atoms with E-state index in [1.807, 2.05) is 6.92 Å². The molecule has 0 saturated carbocycles. The zero-order chi connectivity index (χ0) is 12.3. The van der Waals surface area contributed by atoms with Crippen LogP contribution in [0.4, 0.5) is 0 Å². The molecule has 0 fully saturated rings. The van der Waals surface area contributed by atoms with Crippen LogP contribution in [0.5, 0.6) is 0 Å². The Labute approximate surface area is 129 Å². The van der Waals surface area contributed by atoms with Gasteiger partial charge >= 0.3 is 7.60 Å². The quantitative estimate of drug-likeness (QED) is 0.247. The molecule has 0 heterocycles. The van der Waals surface area contributed by atoms with E-state index in [2.05, 4.69) is 10.8 Å². The number of nitrogens with one attached hydrogen (secondary N) is 2. The maximum Gasteiger partial charge on any atom is 0.344 e. The SMILES string of the molecule is CCCCCP(=O)(O)ONCCNCCN.[Y]. The second kappa shape index (κ2) is 13.6. The molecule has 1 unspecified atom stereocenters. The fourth-order valence-electron chi connectivity index (χ4n) is 1.12. The van der Waals surface area contributed by atoms with E-state index in [0.717, 1.165) is 25.8 Å². The molecule has 8 heteroatoms. The zero-order valence-electron chi connectivity index (χ0n) is 10.5. The van der Waals surface area contributed by atoms with Gasteiger partial charge in [-0.15, -0.1) is 0 Å². The summed E-state index contributed by atoms with van der Waals surface area (Å²) in [5.41, 5.74) is 7.78. The molecular weight excluding hydrogens is 318 g/mol. The van der Waals surface area contributed by atoms with Gasteiger partial charge in [-0.25, -0.2) is 4.62 Å². The Balaban J connectivity index is 0. The van der Waals surface area contributed by atoms with Crippen LogP contribution >= 0.6 is 7.60 Å². The van der Waals surface area contributed by atoms with E-state index in [-0.39, 0.29) is 38.9 Å². The summed E-state index contributed by atoms with van der Waals surface area (Å²) in [6.45, 7) is 4.50. The van der Waals surface area contributed by atoms with E-state index in [4.69, 9.17) is 10.4 Å². The number of unbranched alkanes of at least 4 members (excludes halogenated alkanes) is 2. The number of nitrogens with two attached hydrogens (primary N) is 1. The van der Waals surface area contributed by atoms with E-state index in [0.29, 0.717) is 19.6 Å². The first kappa shape index (κ1) is 20.5. The molecule has 0 amide bonds. The van der Waals surface area contributed by atoms with Crippen molar-refractivity contribution in [1.82, 2.24) is 10.8 Å². The van der Waals surface area contributed by atoms with Crippen LogP contribution in [0.3, 0.4) is 0 Å². The summed E-state index contributed by atoms with van der Waals surface area (Å²) in [5.74, 6) is 0. The third-order valence-corrected chi connectivity index (χ3v) is 3.27. The zero-order valence-corrected chi connectivity index (χ0v) is 14.3. The third kappa shape index (κ3) is 15.1. The predicted octanol–water partition coefficient (Wildman–Crippen LogP) is 0.429. The summed E-state index contributed by atoms with van der Waals surface area (Å²) >= 11 is 0. The number of hydrogen-bond acceptors (Lipinski definition) is 5. The van der Waals surface area contributed by atoms with Crippen LogP contribution in [-0.2, 0) is 41.9 Å². The molecule has 0 saturated heterocycles. The van der Waals surface area contributed by atoms with Crippen molar-refractivity contribution in [3.63, 3.8) is 0 Å². The van der Waals surface area contributed by atoms with E-state index in [9.17, 15) is 9.46 Å². The van der Waals surface area contributed by atoms with E-state index in [1.165, 1.54) is 0 Å². The second-order valence-corrected chi connectivity index (χ2v) is 5.50. The molecule has 0 aliphatic carbocycles. The Bertz CT molecular complexity index is 210. The molecule has 1 atom stereocenters. The van der Waals surface area contributed by atoms with Gasteiger partial charge in [0.1, 0.15) is 0 Å². The minimum atomic E-state index is -3.44. The van der Waals surface area contributed by atoms with Crippen molar-refractivity contribution in [2.45, 2.75) is 26.2 Å². The van der Waals surface area contributed by atoms with Crippen LogP contribution in [0, 0.1) is 0 Å². The molecule has 0 aliphatic rings. The van der Waals surface area contributed by atoms with Crippen molar-refractivity contribution in [3.8, 4) is 0 Å². The van der Waals surface area contributed by atoms with Gasteiger partial charge in [-0.1, -0.05) is 19.8 Å². The van der Waals surface area contributed by atoms with E-state index >= 15 is 0 Å². The molecule has 101 valence electrons. The maximum absolute atomic E-state index is 11.4. The summed E-state index contributed by atoms with van der Waals surface area (Å²) in [5, 5.41) is 3.03. The Morgan fingerprint density at radius 2 is 2.00 bits per heavy atom. The summed E-state index contributed by atoms with van der Waals surface area (Å²) in [6.07, 6.45) is 2.91. The molecule has 0 spiro atoms. The Hall–Kier alpha value is 1.13. The topological polar surface area (TPSA) is 96.6 Å². The Morgan fingerprint density at radius 3 is 2.59 bits per heavy atom. The molecule has 5 N–H and O–H groups in total. The summed E-state index contributed by atoms with van der Waals surface area (Å²) in [4.78, 5) is 9.37. The molecule has 1 radical (unpaired) electrons. The maximum atomic E-state index is 11.4.